The van der Waals surface area contributed by atoms with Gasteiger partial charge in [0.25, 0.3) is 0 Å². The number of hydrogen-bond donors (Lipinski definition) is 1. The van der Waals surface area contributed by atoms with Crippen molar-refractivity contribution in [3.05, 3.63) is 17.0 Å². The van der Waals surface area contributed by atoms with Gasteiger partial charge < -0.3 is 4.52 Å². The average Bonchev–Trinajstić information content (AvgIpc) is 2.14. The van der Waals surface area contributed by atoms with Crippen molar-refractivity contribution in [3.8, 4) is 0 Å². The molecule has 1 aromatic rings. The number of hydrogen-bond acceptors (Lipinski definition) is 2. The molecular weight excluding hydrogens is 114 g/mol. The SMILES string of the molecule is O=S=c1cco[nH]1. The van der Waals surface area contributed by atoms with E-state index in [1.54, 1.807) is 6.07 Å². The van der Waals surface area contributed by atoms with Crippen LogP contribution in [0.5, 0.6) is 0 Å². The Kier molecular flexibility index (Phi) is 1.12. The summed E-state index contributed by atoms with van der Waals surface area (Å²) >= 11 is 0.376. The first-order valence-corrected chi connectivity index (χ1v) is 2.42. The Balaban J connectivity index is 3.50. The van der Waals surface area contributed by atoms with Crippen LogP contribution in [0.15, 0.2) is 16.9 Å². The highest BCUT2D eigenvalue weighted by Gasteiger charge is 1.72. The monoisotopic (exact) mass is 117 g/mol. The van der Waals surface area contributed by atoms with Crippen molar-refractivity contribution in [2.45, 2.75) is 0 Å². The summed E-state index contributed by atoms with van der Waals surface area (Å²) in [7, 11) is 0. The van der Waals surface area contributed by atoms with Crippen molar-refractivity contribution < 1.29 is 8.73 Å². The molecule has 3 nitrogen and oxygen atoms in total. The quantitative estimate of drug-likeness (QED) is 0.498. The summed E-state index contributed by atoms with van der Waals surface area (Å²) in [5, 5.41) is 2.36. The van der Waals surface area contributed by atoms with Gasteiger partial charge in [-0.3, -0.25) is 0 Å². The highest BCUT2D eigenvalue weighted by Crippen LogP contribution is 1.77. The molecule has 0 saturated heterocycles. The first kappa shape index (κ1) is 4.39. The van der Waals surface area contributed by atoms with Gasteiger partial charge in [-0.05, 0) is 0 Å². The smallest absolute Gasteiger partial charge is 0.167 e. The van der Waals surface area contributed by atoms with E-state index in [-0.39, 0.29) is 0 Å². The van der Waals surface area contributed by atoms with Crippen molar-refractivity contribution in [1.82, 2.24) is 5.16 Å². The fourth-order valence-electron chi connectivity index (χ4n) is 0.267. The largest absolute Gasteiger partial charge is 0.389 e. The van der Waals surface area contributed by atoms with Gasteiger partial charge in [0.1, 0.15) is 17.5 Å². The lowest BCUT2D eigenvalue weighted by Crippen LogP contribution is -1.55. The molecule has 4 heteroatoms. The lowest BCUT2D eigenvalue weighted by molar-refractivity contribution is 0.417. The number of aromatic amines is 1. The molecular formula is C3H3NO2S. The van der Waals surface area contributed by atoms with Gasteiger partial charge >= 0.3 is 0 Å². The van der Waals surface area contributed by atoms with Crippen molar-refractivity contribution in [2.75, 3.05) is 0 Å². The number of aromatic nitrogens is 1. The van der Waals surface area contributed by atoms with Crippen LogP contribution >= 0.6 is 0 Å². The van der Waals surface area contributed by atoms with Gasteiger partial charge in [0.15, 0.2) is 4.64 Å². The minimum atomic E-state index is 0.376. The lowest BCUT2D eigenvalue weighted by Gasteiger charge is -1.57. The Hall–Kier alpha value is -0.770. The first-order valence-electron chi connectivity index (χ1n) is 1.68. The summed E-state index contributed by atoms with van der Waals surface area (Å²) in [5.41, 5.74) is 0. The third kappa shape index (κ3) is 0.806. The Morgan fingerprint density at radius 1 is 1.86 bits per heavy atom. The van der Waals surface area contributed by atoms with Gasteiger partial charge in [-0.25, -0.2) is 9.37 Å². The van der Waals surface area contributed by atoms with Crippen molar-refractivity contribution in [1.29, 1.82) is 0 Å². The number of nitrogens with one attached hydrogen (secondary N) is 1. The Labute approximate surface area is 43.0 Å². The second-order valence-corrected chi connectivity index (χ2v) is 1.58. The molecule has 0 radical (unpaired) electrons. The normalized spacial score (nSPS) is 8.57. The molecule has 1 aromatic heterocycles. The highest BCUT2D eigenvalue weighted by molar-refractivity contribution is 7.56. The van der Waals surface area contributed by atoms with Gasteiger partial charge in [0.2, 0.25) is 0 Å². The summed E-state index contributed by atoms with van der Waals surface area (Å²) in [5.74, 6) is 0. The van der Waals surface area contributed by atoms with E-state index in [0.29, 0.717) is 15.9 Å². The van der Waals surface area contributed by atoms with E-state index in [4.69, 9.17) is 0 Å². The fourth-order valence-corrected chi connectivity index (χ4v) is 0.460. The maximum atomic E-state index is 9.82. The predicted octanol–water partition coefficient (Wildman–Crippen LogP) is 0.353. The van der Waals surface area contributed by atoms with Gasteiger partial charge in [-0.15, -0.1) is 0 Å². The molecule has 0 fully saturated rings. The molecule has 0 saturated carbocycles. The van der Waals surface area contributed by atoms with Crippen LogP contribution in [0, 0.1) is 4.64 Å². The van der Waals surface area contributed by atoms with E-state index in [1.807, 2.05) is 0 Å². The third-order valence-corrected chi connectivity index (χ3v) is 0.936. The summed E-state index contributed by atoms with van der Waals surface area (Å²) in [6.07, 6.45) is 1.42. The van der Waals surface area contributed by atoms with Crippen LogP contribution in [0.1, 0.15) is 0 Å². The number of rotatable bonds is 0. The molecule has 0 bridgehead atoms. The Morgan fingerprint density at radius 3 is 3.00 bits per heavy atom. The standard InChI is InChI=1S/C3H3NO2S/c5-7-3-1-2-6-4-3/h1-2,4H. The van der Waals surface area contributed by atoms with E-state index in [0.717, 1.165) is 0 Å². The number of H-pyrrole nitrogens is 1. The van der Waals surface area contributed by atoms with E-state index >= 15 is 0 Å². The van der Waals surface area contributed by atoms with E-state index < -0.39 is 0 Å². The van der Waals surface area contributed by atoms with Crippen LogP contribution in [0.25, 0.3) is 0 Å². The molecule has 0 unspecified atom stereocenters. The molecule has 0 amide bonds. The zero-order valence-electron chi connectivity index (χ0n) is 3.38. The summed E-state index contributed by atoms with van der Waals surface area (Å²) in [6, 6.07) is 1.57. The molecule has 1 rings (SSSR count). The lowest BCUT2D eigenvalue weighted by atomic mass is 10.8. The molecule has 0 spiro atoms. The van der Waals surface area contributed by atoms with Crippen molar-refractivity contribution in [2.24, 2.45) is 0 Å². The third-order valence-electron chi connectivity index (χ3n) is 0.537. The molecule has 1 heterocycles. The molecule has 0 aliphatic carbocycles. The predicted molar refractivity (Wildman–Crippen MR) is 24.4 cm³/mol. The molecule has 0 aliphatic rings. The maximum Gasteiger partial charge on any atom is 0.167 e. The van der Waals surface area contributed by atoms with E-state index in [9.17, 15) is 4.21 Å². The average molecular weight is 117 g/mol. The topological polar surface area (TPSA) is 46.0 Å². The molecule has 0 atom stereocenters. The Bertz CT molecular complexity index is 202. The Morgan fingerprint density at radius 2 is 2.71 bits per heavy atom. The summed E-state index contributed by atoms with van der Waals surface area (Å²) < 4.78 is 14.8. The second-order valence-electron chi connectivity index (χ2n) is 0.970. The second kappa shape index (κ2) is 1.79. The zero-order chi connectivity index (χ0) is 5.11. The molecule has 38 valence electrons. The van der Waals surface area contributed by atoms with Crippen LogP contribution < -0.4 is 0 Å². The maximum absolute atomic E-state index is 9.82. The van der Waals surface area contributed by atoms with Gasteiger partial charge in [-0.1, -0.05) is 0 Å². The minimum absolute atomic E-state index is 0.376. The van der Waals surface area contributed by atoms with Crippen LogP contribution in [0.2, 0.25) is 0 Å². The molecule has 7 heavy (non-hydrogen) atoms. The summed E-state index contributed by atoms with van der Waals surface area (Å²) in [6.45, 7) is 0. The molecule has 1 N–H and O–H groups in total. The fraction of sp³-hybridized carbons (Fsp3) is 0. The van der Waals surface area contributed by atoms with Gasteiger partial charge in [0.05, 0.1) is 0 Å². The van der Waals surface area contributed by atoms with Crippen LogP contribution in [0.3, 0.4) is 0 Å². The van der Waals surface area contributed by atoms with Crippen LogP contribution in [-0.4, -0.2) is 9.37 Å². The van der Waals surface area contributed by atoms with Crippen molar-refractivity contribution in [3.63, 3.8) is 0 Å². The van der Waals surface area contributed by atoms with E-state index in [1.165, 1.54) is 6.26 Å². The van der Waals surface area contributed by atoms with E-state index in [2.05, 4.69) is 9.68 Å². The zero-order valence-corrected chi connectivity index (χ0v) is 4.20. The van der Waals surface area contributed by atoms with Crippen molar-refractivity contribution >= 4 is 11.3 Å². The van der Waals surface area contributed by atoms with Crippen LogP contribution in [0.4, 0.5) is 0 Å². The first-order chi connectivity index (χ1) is 3.43. The van der Waals surface area contributed by atoms with Gasteiger partial charge in [-0.2, -0.15) is 0 Å². The summed E-state index contributed by atoms with van der Waals surface area (Å²) in [4.78, 5) is 0. The highest BCUT2D eigenvalue weighted by atomic mass is 32.1. The van der Waals surface area contributed by atoms with Crippen LogP contribution in [-0.2, 0) is 11.3 Å². The molecule has 0 aromatic carbocycles. The minimum Gasteiger partial charge on any atom is -0.389 e. The van der Waals surface area contributed by atoms with Gasteiger partial charge in [0, 0.05) is 6.07 Å². The molecule has 0 aliphatic heterocycles.